The highest BCUT2D eigenvalue weighted by Gasteiger charge is 2.46. The number of rotatable bonds is 3. The molecule has 2 aliphatic heterocycles. The zero-order chi connectivity index (χ0) is 18.3. The summed E-state index contributed by atoms with van der Waals surface area (Å²) in [6.07, 6.45) is 2.04. The number of likely N-dealkylation sites (tertiary alicyclic amines) is 1. The minimum absolute atomic E-state index is 0.0804. The Morgan fingerprint density at radius 2 is 2.12 bits per heavy atom. The van der Waals surface area contributed by atoms with Crippen LogP contribution in [0.3, 0.4) is 0 Å². The number of carbonyl (C=O) groups is 2. The van der Waals surface area contributed by atoms with Crippen molar-refractivity contribution in [3.05, 3.63) is 46.8 Å². The standard InChI is InChI=1S/C20H22N2O4/c1-13-15(14(2)26-21-13)7-8-19(24)22-10-9-20(12-22)11-17(23)16-5-3-4-6-18(16)25-20/h3-6H,7-12H2,1-2H3/t20-/m0/s1. The fourth-order valence-electron chi connectivity index (χ4n) is 3.98. The van der Waals surface area contributed by atoms with Crippen molar-refractivity contribution in [3.63, 3.8) is 0 Å². The number of benzene rings is 1. The second-order valence-corrected chi connectivity index (χ2v) is 7.25. The molecular formula is C20H22N2O4. The predicted molar refractivity (Wildman–Crippen MR) is 94.2 cm³/mol. The molecule has 1 amide bonds. The van der Waals surface area contributed by atoms with Crippen molar-refractivity contribution in [1.82, 2.24) is 10.1 Å². The summed E-state index contributed by atoms with van der Waals surface area (Å²) in [4.78, 5) is 26.9. The molecule has 0 N–H and O–H groups in total. The van der Waals surface area contributed by atoms with Crippen molar-refractivity contribution >= 4 is 11.7 Å². The maximum Gasteiger partial charge on any atom is 0.223 e. The minimum Gasteiger partial charge on any atom is -0.484 e. The quantitative estimate of drug-likeness (QED) is 0.847. The van der Waals surface area contributed by atoms with Gasteiger partial charge in [-0.05, 0) is 32.4 Å². The maximum absolute atomic E-state index is 12.7. The molecule has 6 nitrogen and oxygen atoms in total. The number of carbonyl (C=O) groups excluding carboxylic acids is 2. The normalized spacial score (nSPS) is 21.8. The van der Waals surface area contributed by atoms with E-state index in [0.717, 1.165) is 17.0 Å². The first kappa shape index (κ1) is 16.8. The van der Waals surface area contributed by atoms with Crippen LogP contribution < -0.4 is 4.74 Å². The second-order valence-electron chi connectivity index (χ2n) is 7.25. The van der Waals surface area contributed by atoms with E-state index in [9.17, 15) is 9.59 Å². The van der Waals surface area contributed by atoms with Gasteiger partial charge in [0, 0.05) is 24.9 Å². The summed E-state index contributed by atoms with van der Waals surface area (Å²) in [5, 5.41) is 3.93. The van der Waals surface area contributed by atoms with E-state index in [1.807, 2.05) is 36.9 Å². The average molecular weight is 354 g/mol. The lowest BCUT2D eigenvalue weighted by atomic mass is 9.89. The number of fused-ring (bicyclic) bond motifs is 1. The molecule has 1 atom stereocenters. The molecule has 3 heterocycles. The molecule has 1 aromatic carbocycles. The van der Waals surface area contributed by atoms with Crippen LogP contribution in [0, 0.1) is 13.8 Å². The molecule has 2 aromatic rings. The van der Waals surface area contributed by atoms with Crippen LogP contribution in [0.4, 0.5) is 0 Å². The van der Waals surface area contributed by atoms with Crippen molar-refractivity contribution < 1.29 is 18.8 Å². The molecular weight excluding hydrogens is 332 g/mol. The highest BCUT2D eigenvalue weighted by Crippen LogP contribution is 2.38. The van der Waals surface area contributed by atoms with Gasteiger partial charge in [-0.2, -0.15) is 0 Å². The highest BCUT2D eigenvalue weighted by atomic mass is 16.5. The number of hydrogen-bond donors (Lipinski definition) is 0. The first-order valence-electron chi connectivity index (χ1n) is 8.98. The molecule has 1 aromatic heterocycles. The number of nitrogens with zero attached hydrogens (tertiary/aromatic N) is 2. The number of aryl methyl sites for hydroxylation is 2. The summed E-state index contributed by atoms with van der Waals surface area (Å²) in [6, 6.07) is 7.34. The van der Waals surface area contributed by atoms with Gasteiger partial charge in [-0.1, -0.05) is 17.3 Å². The van der Waals surface area contributed by atoms with Crippen LogP contribution in [0.1, 0.15) is 46.6 Å². The Hall–Kier alpha value is -2.63. The van der Waals surface area contributed by atoms with Gasteiger partial charge in [-0.25, -0.2) is 0 Å². The zero-order valence-corrected chi connectivity index (χ0v) is 15.1. The Morgan fingerprint density at radius 3 is 2.88 bits per heavy atom. The smallest absolute Gasteiger partial charge is 0.223 e. The Balaban J connectivity index is 1.42. The molecule has 26 heavy (non-hydrogen) atoms. The van der Waals surface area contributed by atoms with Crippen LogP contribution in [-0.2, 0) is 11.2 Å². The molecule has 6 heteroatoms. The molecule has 136 valence electrons. The summed E-state index contributed by atoms with van der Waals surface area (Å²) >= 11 is 0. The number of hydrogen-bond acceptors (Lipinski definition) is 5. The molecule has 0 bridgehead atoms. The second kappa shape index (κ2) is 6.27. The topological polar surface area (TPSA) is 72.6 Å². The van der Waals surface area contributed by atoms with E-state index < -0.39 is 5.60 Å². The lowest BCUT2D eigenvalue weighted by Gasteiger charge is -2.34. The molecule has 0 aliphatic carbocycles. The SMILES string of the molecule is Cc1noc(C)c1CCC(=O)N1CC[C@]2(CC(=O)c3ccccc3O2)C1. The first-order valence-corrected chi connectivity index (χ1v) is 8.98. The molecule has 1 saturated heterocycles. The van der Waals surface area contributed by atoms with Gasteiger partial charge in [0.2, 0.25) is 5.91 Å². The first-order chi connectivity index (χ1) is 12.5. The Kier molecular flexibility index (Phi) is 4.05. The zero-order valence-electron chi connectivity index (χ0n) is 15.1. The number of amides is 1. The number of para-hydroxylation sites is 1. The molecule has 0 radical (unpaired) electrons. The van der Waals surface area contributed by atoms with E-state index in [2.05, 4.69) is 5.16 Å². The third-order valence-electron chi connectivity index (χ3n) is 5.44. The number of ketones is 1. The third kappa shape index (κ3) is 2.89. The van der Waals surface area contributed by atoms with Gasteiger partial charge < -0.3 is 14.2 Å². The van der Waals surface area contributed by atoms with Crippen LogP contribution in [0.5, 0.6) is 5.75 Å². The highest BCUT2D eigenvalue weighted by molar-refractivity contribution is 6.00. The van der Waals surface area contributed by atoms with Gasteiger partial charge in [0.15, 0.2) is 5.78 Å². The lowest BCUT2D eigenvalue weighted by molar-refractivity contribution is -0.130. The summed E-state index contributed by atoms with van der Waals surface area (Å²) in [7, 11) is 0. The third-order valence-corrected chi connectivity index (χ3v) is 5.44. The van der Waals surface area contributed by atoms with E-state index >= 15 is 0 Å². The van der Waals surface area contributed by atoms with Crippen molar-refractivity contribution in [2.75, 3.05) is 13.1 Å². The molecule has 0 saturated carbocycles. The van der Waals surface area contributed by atoms with Crippen LogP contribution in [0.2, 0.25) is 0 Å². The summed E-state index contributed by atoms with van der Waals surface area (Å²) in [5.41, 5.74) is 1.90. The minimum atomic E-state index is -0.579. The average Bonchev–Trinajstić information content (AvgIpc) is 3.17. The van der Waals surface area contributed by atoms with Crippen molar-refractivity contribution in [3.8, 4) is 5.75 Å². The fraction of sp³-hybridized carbons (Fsp3) is 0.450. The summed E-state index contributed by atoms with van der Waals surface area (Å²) in [6.45, 7) is 4.84. The summed E-state index contributed by atoms with van der Waals surface area (Å²) < 4.78 is 11.3. The Bertz CT molecular complexity index is 853. The van der Waals surface area contributed by atoms with Crippen LogP contribution in [-0.4, -0.2) is 40.4 Å². The summed E-state index contributed by atoms with van der Waals surface area (Å²) in [5.74, 6) is 1.58. The van der Waals surface area contributed by atoms with Crippen molar-refractivity contribution in [2.45, 2.75) is 45.1 Å². The molecule has 4 rings (SSSR count). The van der Waals surface area contributed by atoms with Crippen LogP contribution in [0.25, 0.3) is 0 Å². The van der Waals surface area contributed by atoms with Crippen LogP contribution in [0.15, 0.2) is 28.8 Å². The van der Waals surface area contributed by atoms with E-state index in [-0.39, 0.29) is 11.7 Å². The van der Waals surface area contributed by atoms with Gasteiger partial charge in [0.1, 0.15) is 17.1 Å². The van der Waals surface area contributed by atoms with Gasteiger partial charge in [-0.3, -0.25) is 9.59 Å². The van der Waals surface area contributed by atoms with Crippen molar-refractivity contribution in [1.29, 1.82) is 0 Å². The number of Topliss-reactive ketones (excluding diaryl/α,β-unsaturated/α-hetero) is 1. The number of aromatic nitrogens is 1. The van der Waals surface area contributed by atoms with Gasteiger partial charge in [0.25, 0.3) is 0 Å². The van der Waals surface area contributed by atoms with Gasteiger partial charge in [-0.15, -0.1) is 0 Å². The molecule has 1 spiro atoms. The predicted octanol–water partition coefficient (Wildman–Crippen LogP) is 2.86. The van der Waals surface area contributed by atoms with E-state index in [4.69, 9.17) is 9.26 Å². The van der Waals surface area contributed by atoms with Crippen molar-refractivity contribution in [2.24, 2.45) is 0 Å². The van der Waals surface area contributed by atoms with Crippen LogP contribution >= 0.6 is 0 Å². The van der Waals surface area contributed by atoms with E-state index in [0.29, 0.717) is 50.1 Å². The van der Waals surface area contributed by atoms with E-state index in [1.54, 1.807) is 6.07 Å². The van der Waals surface area contributed by atoms with E-state index in [1.165, 1.54) is 0 Å². The van der Waals surface area contributed by atoms with Gasteiger partial charge >= 0.3 is 0 Å². The largest absolute Gasteiger partial charge is 0.484 e. The molecule has 0 unspecified atom stereocenters. The Morgan fingerprint density at radius 1 is 1.31 bits per heavy atom. The molecule has 2 aliphatic rings. The monoisotopic (exact) mass is 354 g/mol. The maximum atomic E-state index is 12.7. The fourth-order valence-corrected chi connectivity index (χ4v) is 3.98. The Labute approximate surface area is 152 Å². The lowest BCUT2D eigenvalue weighted by Crippen LogP contribution is -2.45. The molecule has 1 fully saturated rings. The number of ether oxygens (including phenoxy) is 1. The van der Waals surface area contributed by atoms with Gasteiger partial charge in [0.05, 0.1) is 24.2 Å².